The number of para-hydroxylation sites is 1. The number of hydrogen-bond donors (Lipinski definition) is 2. The Bertz CT molecular complexity index is 839. The van der Waals surface area contributed by atoms with E-state index in [1.54, 1.807) is 29.3 Å². The zero-order valence-corrected chi connectivity index (χ0v) is 16.0. The zero-order chi connectivity index (χ0) is 20.1. The molecule has 3 rings (SSSR count). The second-order valence-corrected chi connectivity index (χ2v) is 7.18. The van der Waals surface area contributed by atoms with Crippen LogP contribution in [0.3, 0.4) is 0 Å². The van der Waals surface area contributed by atoms with E-state index in [0.717, 1.165) is 5.69 Å². The fourth-order valence-corrected chi connectivity index (χ4v) is 3.19. The number of amides is 3. The van der Waals surface area contributed by atoms with Crippen molar-refractivity contribution in [2.45, 2.75) is 26.3 Å². The molecule has 1 aliphatic rings. The number of aromatic nitrogens is 1. The average Bonchev–Trinajstić information content (AvgIpc) is 3.09. The first-order valence-electron chi connectivity index (χ1n) is 9.33. The minimum atomic E-state index is -0.713. The number of hydrogen-bond acceptors (Lipinski definition) is 4. The maximum atomic E-state index is 12.8. The van der Waals surface area contributed by atoms with Crippen LogP contribution in [0.5, 0.6) is 0 Å². The summed E-state index contributed by atoms with van der Waals surface area (Å²) in [4.78, 5) is 43.4. The zero-order valence-electron chi connectivity index (χ0n) is 16.0. The van der Waals surface area contributed by atoms with Gasteiger partial charge in [-0.3, -0.25) is 14.4 Å². The van der Waals surface area contributed by atoms with Gasteiger partial charge in [0.05, 0.1) is 5.92 Å². The van der Waals surface area contributed by atoms with Crippen molar-refractivity contribution in [2.75, 3.05) is 16.8 Å². The number of nitrogens with zero attached hydrogens (tertiary/aromatic N) is 2. The van der Waals surface area contributed by atoms with Gasteiger partial charge in [-0.25, -0.2) is 4.98 Å². The fraction of sp³-hybridized carbons (Fsp3) is 0.333. The van der Waals surface area contributed by atoms with Crippen LogP contribution >= 0.6 is 0 Å². The molecule has 0 radical (unpaired) electrons. The van der Waals surface area contributed by atoms with E-state index >= 15 is 0 Å². The van der Waals surface area contributed by atoms with Crippen LogP contribution in [0.1, 0.15) is 20.3 Å². The first kappa shape index (κ1) is 19.5. The number of benzene rings is 1. The molecule has 1 aromatic heterocycles. The molecule has 146 valence electrons. The largest absolute Gasteiger partial charge is 0.344 e. The summed E-state index contributed by atoms with van der Waals surface area (Å²) in [6.07, 6.45) is 1.72. The van der Waals surface area contributed by atoms with Gasteiger partial charge in [-0.05, 0) is 30.2 Å². The summed E-state index contributed by atoms with van der Waals surface area (Å²) in [6, 6.07) is 13.8. The Balaban J connectivity index is 1.64. The summed E-state index contributed by atoms with van der Waals surface area (Å²) < 4.78 is 0. The molecule has 0 spiro atoms. The van der Waals surface area contributed by atoms with Gasteiger partial charge in [-0.2, -0.15) is 0 Å². The summed E-state index contributed by atoms with van der Waals surface area (Å²) in [6.45, 7) is 4.03. The molecule has 1 fully saturated rings. The lowest BCUT2D eigenvalue weighted by atomic mass is 10.0. The third kappa shape index (κ3) is 4.54. The maximum Gasteiger partial charge on any atom is 0.248 e. The van der Waals surface area contributed by atoms with Gasteiger partial charge in [-0.15, -0.1) is 0 Å². The van der Waals surface area contributed by atoms with Crippen LogP contribution in [0.25, 0.3) is 0 Å². The van der Waals surface area contributed by atoms with E-state index in [9.17, 15) is 14.4 Å². The monoisotopic (exact) mass is 380 g/mol. The van der Waals surface area contributed by atoms with Crippen LogP contribution in [0.4, 0.5) is 11.5 Å². The van der Waals surface area contributed by atoms with E-state index in [4.69, 9.17) is 0 Å². The van der Waals surface area contributed by atoms with Gasteiger partial charge >= 0.3 is 0 Å². The Hall–Kier alpha value is -3.22. The third-order valence-electron chi connectivity index (χ3n) is 4.73. The van der Waals surface area contributed by atoms with E-state index < -0.39 is 12.0 Å². The van der Waals surface area contributed by atoms with E-state index in [0.29, 0.717) is 12.4 Å². The molecule has 2 aromatic rings. The fourth-order valence-electron chi connectivity index (χ4n) is 3.19. The van der Waals surface area contributed by atoms with Crippen molar-refractivity contribution >= 4 is 29.2 Å². The van der Waals surface area contributed by atoms with Crippen molar-refractivity contribution in [2.24, 2.45) is 11.8 Å². The number of carbonyl (C=O) groups is 3. The molecule has 2 atom stereocenters. The van der Waals surface area contributed by atoms with Gasteiger partial charge in [0.2, 0.25) is 17.7 Å². The summed E-state index contributed by atoms with van der Waals surface area (Å²) in [5.41, 5.74) is 0.774. The van der Waals surface area contributed by atoms with Crippen molar-refractivity contribution in [3.8, 4) is 0 Å². The minimum Gasteiger partial charge on any atom is -0.344 e. The topological polar surface area (TPSA) is 91.4 Å². The summed E-state index contributed by atoms with van der Waals surface area (Å²) in [5, 5.41) is 5.53. The molecule has 0 bridgehead atoms. The van der Waals surface area contributed by atoms with E-state index in [2.05, 4.69) is 15.6 Å². The second kappa shape index (κ2) is 8.65. The highest BCUT2D eigenvalue weighted by atomic mass is 16.2. The molecule has 28 heavy (non-hydrogen) atoms. The molecule has 3 amide bonds. The lowest BCUT2D eigenvalue weighted by molar-refractivity contribution is -0.130. The van der Waals surface area contributed by atoms with Crippen LogP contribution in [0.2, 0.25) is 0 Å². The van der Waals surface area contributed by atoms with Gasteiger partial charge in [0.15, 0.2) is 0 Å². The molecule has 0 saturated carbocycles. The molecule has 2 unspecified atom stereocenters. The van der Waals surface area contributed by atoms with Crippen molar-refractivity contribution in [1.29, 1.82) is 0 Å². The molecule has 2 N–H and O–H groups in total. The van der Waals surface area contributed by atoms with Crippen LogP contribution in [0.15, 0.2) is 54.7 Å². The van der Waals surface area contributed by atoms with Crippen LogP contribution in [-0.2, 0) is 14.4 Å². The highest BCUT2D eigenvalue weighted by Gasteiger charge is 2.37. The van der Waals surface area contributed by atoms with Crippen molar-refractivity contribution < 1.29 is 14.4 Å². The van der Waals surface area contributed by atoms with Gasteiger partial charge in [-0.1, -0.05) is 38.1 Å². The van der Waals surface area contributed by atoms with Crippen molar-refractivity contribution in [1.82, 2.24) is 10.3 Å². The van der Waals surface area contributed by atoms with E-state index in [1.807, 2.05) is 44.2 Å². The summed E-state index contributed by atoms with van der Waals surface area (Å²) in [7, 11) is 0. The summed E-state index contributed by atoms with van der Waals surface area (Å²) >= 11 is 0. The Morgan fingerprint density at radius 2 is 1.82 bits per heavy atom. The molecular weight excluding hydrogens is 356 g/mol. The Morgan fingerprint density at radius 3 is 2.46 bits per heavy atom. The molecule has 7 nitrogen and oxygen atoms in total. The predicted molar refractivity (Wildman–Crippen MR) is 107 cm³/mol. The number of anilines is 2. The van der Waals surface area contributed by atoms with Gasteiger partial charge in [0, 0.05) is 24.8 Å². The minimum absolute atomic E-state index is 0.0922. The smallest absolute Gasteiger partial charge is 0.248 e. The van der Waals surface area contributed by atoms with Gasteiger partial charge in [0.1, 0.15) is 11.9 Å². The Labute approximate surface area is 164 Å². The molecule has 1 saturated heterocycles. The molecule has 0 aliphatic carbocycles. The lowest BCUT2D eigenvalue weighted by Gasteiger charge is -2.23. The van der Waals surface area contributed by atoms with Gasteiger partial charge < -0.3 is 15.5 Å². The normalized spacial score (nSPS) is 17.5. The van der Waals surface area contributed by atoms with E-state index in [1.165, 1.54) is 0 Å². The molecular formula is C21H24N4O3. The number of carbonyl (C=O) groups excluding carboxylic acids is 3. The van der Waals surface area contributed by atoms with Crippen LogP contribution < -0.4 is 15.5 Å². The highest BCUT2D eigenvalue weighted by molar-refractivity contribution is 6.02. The predicted octanol–water partition coefficient (Wildman–Crippen LogP) is 2.21. The second-order valence-electron chi connectivity index (χ2n) is 7.18. The lowest BCUT2D eigenvalue weighted by Crippen LogP contribution is -2.49. The SMILES string of the molecule is CC(C)C(NC(=O)C1CC(=O)N(c2ccccc2)C1)C(=O)Nc1ccccn1. The molecule has 2 heterocycles. The highest BCUT2D eigenvalue weighted by Crippen LogP contribution is 2.25. The Kier molecular flexibility index (Phi) is 6.03. The number of rotatable bonds is 6. The first-order valence-corrected chi connectivity index (χ1v) is 9.33. The molecule has 1 aliphatic heterocycles. The summed E-state index contributed by atoms with van der Waals surface area (Å²) in [5.74, 6) is -0.886. The maximum absolute atomic E-state index is 12.8. The third-order valence-corrected chi connectivity index (χ3v) is 4.73. The van der Waals surface area contributed by atoms with Crippen LogP contribution in [0, 0.1) is 11.8 Å². The first-order chi connectivity index (χ1) is 13.5. The quantitative estimate of drug-likeness (QED) is 0.804. The molecule has 7 heteroatoms. The average molecular weight is 380 g/mol. The number of nitrogens with one attached hydrogen (secondary N) is 2. The van der Waals surface area contributed by atoms with Crippen molar-refractivity contribution in [3.05, 3.63) is 54.7 Å². The Morgan fingerprint density at radius 1 is 1.11 bits per heavy atom. The van der Waals surface area contributed by atoms with E-state index in [-0.39, 0.29) is 30.1 Å². The van der Waals surface area contributed by atoms with Crippen LogP contribution in [-0.4, -0.2) is 35.3 Å². The standard InChI is InChI=1S/C21H24N4O3/c1-14(2)19(21(28)23-17-10-6-7-11-22-17)24-20(27)15-12-18(26)25(13-15)16-8-4-3-5-9-16/h3-11,14-15,19H,12-13H2,1-2H3,(H,24,27)(H,22,23,28). The van der Waals surface area contributed by atoms with Gasteiger partial charge in [0.25, 0.3) is 0 Å². The number of pyridine rings is 1. The molecule has 1 aromatic carbocycles. The van der Waals surface area contributed by atoms with Crippen molar-refractivity contribution in [3.63, 3.8) is 0 Å².